The van der Waals surface area contributed by atoms with Gasteiger partial charge in [-0.05, 0) is 62.9 Å². The number of nitrogens with zero attached hydrogens (tertiary/aromatic N) is 7. The van der Waals surface area contributed by atoms with Crippen molar-refractivity contribution in [1.29, 1.82) is 0 Å². The Labute approximate surface area is 210 Å². The monoisotopic (exact) mass is 504 g/mol. The molecule has 2 saturated heterocycles. The van der Waals surface area contributed by atoms with E-state index < -0.39 is 5.60 Å². The van der Waals surface area contributed by atoms with E-state index in [0.29, 0.717) is 29.4 Å². The molecule has 2 aliphatic heterocycles. The number of carbonyl (C=O) groups excluding carboxylic acids is 1. The second-order valence-electron chi connectivity index (χ2n) is 10.1. The van der Waals surface area contributed by atoms with Gasteiger partial charge in [0.15, 0.2) is 0 Å². The first-order chi connectivity index (χ1) is 16.9. The summed E-state index contributed by atoms with van der Waals surface area (Å²) in [5, 5.41) is 4.15. The molecule has 1 amide bonds. The number of rotatable bonds is 8. The lowest BCUT2D eigenvalue weighted by atomic mass is 10.0. The van der Waals surface area contributed by atoms with Crippen LogP contribution >= 0.6 is 11.8 Å². The third-order valence-corrected chi connectivity index (χ3v) is 7.58. The number of anilines is 2. The van der Waals surface area contributed by atoms with E-state index in [2.05, 4.69) is 39.6 Å². The molecule has 0 bridgehead atoms. The van der Waals surface area contributed by atoms with Crippen molar-refractivity contribution in [3.63, 3.8) is 0 Å². The summed E-state index contributed by atoms with van der Waals surface area (Å²) >= 11 is 5.75. The Kier molecular flexibility index (Phi) is 6.82. The normalized spacial score (nSPS) is 21.5. The number of carbonyl (C=O) groups is 1. The molecule has 2 aromatic rings. The molecule has 11 nitrogen and oxygen atoms in total. The van der Waals surface area contributed by atoms with Gasteiger partial charge in [0.2, 0.25) is 5.95 Å². The zero-order valence-electron chi connectivity index (χ0n) is 20.5. The number of amides is 1. The Morgan fingerprint density at radius 2 is 1.74 bits per heavy atom. The molecule has 1 saturated carbocycles. The third kappa shape index (κ3) is 5.07. The fourth-order valence-corrected chi connectivity index (χ4v) is 4.96. The Bertz CT molecular complexity index is 1020. The standard InChI is InChI=1S/C23H33ClN8O3/c1-23(2,34-3)20-27-22(29-35-20)30-10-7-18(8-11-30)32(17-4-5-17)19(33)15-12-25-21(26-13-15)31-9-6-16(14-31)28-24/h12-13,16-18,28H,4-11,14H2,1-3H3. The second kappa shape index (κ2) is 9.87. The van der Waals surface area contributed by atoms with E-state index in [1.807, 2.05) is 13.8 Å². The largest absolute Gasteiger partial charge is 0.369 e. The molecular formula is C23H33ClN8O3. The van der Waals surface area contributed by atoms with Crippen LogP contribution in [-0.4, -0.2) is 82.3 Å². The minimum Gasteiger partial charge on any atom is -0.369 e. The maximum Gasteiger partial charge on any atom is 0.266 e. The molecule has 0 aromatic carbocycles. The van der Waals surface area contributed by atoms with E-state index in [9.17, 15) is 4.79 Å². The summed E-state index contributed by atoms with van der Waals surface area (Å²) in [6.45, 7) is 6.90. The third-order valence-electron chi connectivity index (χ3n) is 7.27. The fraction of sp³-hybridized carbons (Fsp3) is 0.696. The molecule has 5 rings (SSSR count). The van der Waals surface area contributed by atoms with Crippen LogP contribution in [0.5, 0.6) is 0 Å². The average Bonchev–Trinajstić information content (AvgIpc) is 3.38. The quantitative estimate of drug-likeness (QED) is 0.537. The highest BCUT2D eigenvalue weighted by molar-refractivity contribution is 6.13. The number of methoxy groups -OCH3 is 1. The van der Waals surface area contributed by atoms with Gasteiger partial charge in [-0.25, -0.2) is 14.8 Å². The van der Waals surface area contributed by atoms with Crippen LogP contribution in [0.1, 0.15) is 62.2 Å². The topological polar surface area (TPSA) is 113 Å². The van der Waals surface area contributed by atoms with Crippen LogP contribution in [0.25, 0.3) is 0 Å². The SMILES string of the molecule is COC(C)(C)c1nc(N2CCC(N(C(=O)c3cnc(N4CCC(NCl)C4)nc3)C3CC3)CC2)no1. The lowest BCUT2D eigenvalue weighted by Crippen LogP contribution is -2.48. The van der Waals surface area contributed by atoms with Crippen molar-refractivity contribution < 1.29 is 14.1 Å². The predicted molar refractivity (Wildman–Crippen MR) is 130 cm³/mol. The van der Waals surface area contributed by atoms with Gasteiger partial charge in [-0.15, -0.1) is 0 Å². The summed E-state index contributed by atoms with van der Waals surface area (Å²) in [5.74, 6) is 1.69. The molecule has 2 aromatic heterocycles. The number of hydrogen-bond donors (Lipinski definition) is 1. The Morgan fingerprint density at radius 1 is 1.09 bits per heavy atom. The molecule has 1 N–H and O–H groups in total. The van der Waals surface area contributed by atoms with Crippen LogP contribution in [0, 0.1) is 0 Å². The summed E-state index contributed by atoms with van der Waals surface area (Å²) < 4.78 is 10.9. The summed E-state index contributed by atoms with van der Waals surface area (Å²) in [6, 6.07) is 0.692. The van der Waals surface area contributed by atoms with Crippen molar-refractivity contribution >= 4 is 29.6 Å². The summed E-state index contributed by atoms with van der Waals surface area (Å²) in [6.07, 6.45) is 8.05. The van der Waals surface area contributed by atoms with E-state index in [-0.39, 0.29) is 18.0 Å². The van der Waals surface area contributed by atoms with Gasteiger partial charge in [0, 0.05) is 63.8 Å². The minimum absolute atomic E-state index is 0.0166. The van der Waals surface area contributed by atoms with Crippen LogP contribution in [0.2, 0.25) is 0 Å². The summed E-state index contributed by atoms with van der Waals surface area (Å²) in [5.41, 5.74) is -0.0904. The van der Waals surface area contributed by atoms with Gasteiger partial charge in [-0.3, -0.25) is 4.79 Å². The van der Waals surface area contributed by atoms with E-state index in [1.165, 1.54) is 0 Å². The van der Waals surface area contributed by atoms with Crippen molar-refractivity contribution in [3.8, 4) is 0 Å². The second-order valence-corrected chi connectivity index (χ2v) is 10.3. The molecular weight excluding hydrogens is 472 g/mol. The van der Waals surface area contributed by atoms with E-state index >= 15 is 0 Å². The average molecular weight is 505 g/mol. The van der Waals surface area contributed by atoms with Crippen molar-refractivity contribution in [2.75, 3.05) is 43.1 Å². The minimum atomic E-state index is -0.631. The molecule has 4 heterocycles. The van der Waals surface area contributed by atoms with Gasteiger partial charge in [-0.2, -0.15) is 4.98 Å². The van der Waals surface area contributed by atoms with Crippen molar-refractivity contribution in [1.82, 2.24) is 29.8 Å². The first-order valence-corrected chi connectivity index (χ1v) is 12.7. The maximum absolute atomic E-state index is 13.5. The zero-order chi connectivity index (χ0) is 24.6. The number of nitrogens with one attached hydrogen (secondary N) is 1. The highest BCUT2D eigenvalue weighted by Crippen LogP contribution is 2.34. The first kappa shape index (κ1) is 24.2. The Balaban J connectivity index is 1.22. The number of ether oxygens (including phenoxy) is 1. The van der Waals surface area contributed by atoms with Crippen molar-refractivity contribution in [2.24, 2.45) is 0 Å². The predicted octanol–water partition coefficient (Wildman–Crippen LogP) is 2.34. The molecule has 1 aliphatic carbocycles. The molecule has 1 atom stereocenters. The van der Waals surface area contributed by atoms with Crippen LogP contribution in [0.15, 0.2) is 16.9 Å². The Hall–Kier alpha value is -2.50. The van der Waals surface area contributed by atoms with Crippen molar-refractivity contribution in [3.05, 3.63) is 23.8 Å². The molecule has 0 radical (unpaired) electrons. The Morgan fingerprint density at radius 3 is 2.34 bits per heavy atom. The van der Waals surface area contributed by atoms with E-state index in [0.717, 1.165) is 58.3 Å². The molecule has 190 valence electrons. The van der Waals surface area contributed by atoms with Gasteiger partial charge >= 0.3 is 0 Å². The van der Waals surface area contributed by atoms with Gasteiger partial charge in [0.25, 0.3) is 17.7 Å². The molecule has 3 aliphatic rings. The number of halogens is 1. The first-order valence-electron chi connectivity index (χ1n) is 12.3. The molecule has 3 fully saturated rings. The highest BCUT2D eigenvalue weighted by Gasteiger charge is 2.40. The lowest BCUT2D eigenvalue weighted by Gasteiger charge is -2.38. The highest BCUT2D eigenvalue weighted by atomic mass is 35.5. The molecule has 35 heavy (non-hydrogen) atoms. The zero-order valence-corrected chi connectivity index (χ0v) is 21.2. The van der Waals surface area contributed by atoms with Gasteiger partial charge in [-0.1, -0.05) is 0 Å². The van der Waals surface area contributed by atoms with E-state index in [1.54, 1.807) is 19.5 Å². The van der Waals surface area contributed by atoms with E-state index in [4.69, 9.17) is 21.0 Å². The number of aromatic nitrogens is 4. The van der Waals surface area contributed by atoms with Crippen LogP contribution in [0.3, 0.4) is 0 Å². The van der Waals surface area contributed by atoms with Gasteiger partial charge in [0.1, 0.15) is 5.60 Å². The molecule has 12 heteroatoms. The maximum atomic E-state index is 13.5. The van der Waals surface area contributed by atoms with Crippen LogP contribution in [0.4, 0.5) is 11.9 Å². The van der Waals surface area contributed by atoms with Crippen LogP contribution < -0.4 is 14.6 Å². The molecule has 0 spiro atoms. The van der Waals surface area contributed by atoms with Gasteiger partial charge < -0.3 is 24.0 Å². The summed E-state index contributed by atoms with van der Waals surface area (Å²) in [4.78, 5) is 36.1. The number of piperidine rings is 1. The fourth-order valence-electron chi connectivity index (χ4n) is 4.78. The number of hydrogen-bond acceptors (Lipinski definition) is 10. The van der Waals surface area contributed by atoms with Crippen molar-refractivity contribution in [2.45, 2.75) is 69.7 Å². The van der Waals surface area contributed by atoms with Crippen LogP contribution in [-0.2, 0) is 10.3 Å². The summed E-state index contributed by atoms with van der Waals surface area (Å²) in [7, 11) is 1.62. The molecule has 1 unspecified atom stereocenters. The van der Waals surface area contributed by atoms with Gasteiger partial charge in [0.05, 0.1) is 5.56 Å². The lowest BCUT2D eigenvalue weighted by molar-refractivity contribution is -0.00787. The smallest absolute Gasteiger partial charge is 0.266 e.